The smallest absolute Gasteiger partial charge is 0.229 e. The van der Waals surface area contributed by atoms with Crippen LogP contribution in [0.5, 0.6) is 0 Å². The highest BCUT2D eigenvalue weighted by Gasteiger charge is 2.34. The van der Waals surface area contributed by atoms with Crippen molar-refractivity contribution in [1.82, 2.24) is 4.90 Å². The number of carbonyl (C=O) groups is 2. The molecular formula is C23H28N2O2. The third kappa shape index (κ3) is 4.21. The first kappa shape index (κ1) is 19.2. The fourth-order valence-corrected chi connectivity index (χ4v) is 3.72. The van der Waals surface area contributed by atoms with Gasteiger partial charge in [0.2, 0.25) is 11.8 Å². The Balaban J connectivity index is 1.71. The van der Waals surface area contributed by atoms with Crippen LogP contribution >= 0.6 is 0 Å². The number of para-hydroxylation sites is 1. The number of hydrogen-bond donors (Lipinski definition) is 1. The van der Waals surface area contributed by atoms with E-state index in [0.29, 0.717) is 13.1 Å². The molecule has 4 heteroatoms. The van der Waals surface area contributed by atoms with Crippen LogP contribution in [0.4, 0.5) is 5.69 Å². The second-order valence-corrected chi connectivity index (χ2v) is 7.25. The van der Waals surface area contributed by atoms with Crippen molar-refractivity contribution in [1.29, 1.82) is 0 Å². The molecule has 0 spiro atoms. The molecule has 1 aliphatic rings. The van der Waals surface area contributed by atoms with Gasteiger partial charge < -0.3 is 10.2 Å². The van der Waals surface area contributed by atoms with Gasteiger partial charge in [0.25, 0.3) is 0 Å². The second-order valence-electron chi connectivity index (χ2n) is 7.25. The molecule has 0 radical (unpaired) electrons. The largest absolute Gasteiger partial charge is 0.338 e. The number of amides is 2. The maximum atomic E-state index is 12.9. The van der Waals surface area contributed by atoms with Crippen LogP contribution in [0, 0.1) is 12.8 Å². The van der Waals surface area contributed by atoms with Crippen molar-refractivity contribution < 1.29 is 9.59 Å². The molecule has 1 fully saturated rings. The third-order valence-electron chi connectivity index (χ3n) is 5.45. The van der Waals surface area contributed by atoms with Gasteiger partial charge in [-0.25, -0.2) is 0 Å². The Morgan fingerprint density at radius 2 is 1.67 bits per heavy atom. The average molecular weight is 364 g/mol. The molecule has 1 N–H and O–H groups in total. The predicted octanol–water partition coefficient (Wildman–Crippen LogP) is 4.11. The first-order chi connectivity index (χ1) is 13.0. The molecular weight excluding hydrogens is 336 g/mol. The minimum Gasteiger partial charge on any atom is -0.338 e. The second kappa shape index (κ2) is 8.38. The van der Waals surface area contributed by atoms with Gasteiger partial charge in [-0.05, 0) is 42.0 Å². The van der Waals surface area contributed by atoms with E-state index >= 15 is 0 Å². The van der Waals surface area contributed by atoms with Gasteiger partial charge in [0.15, 0.2) is 0 Å². The fraction of sp³-hybridized carbons (Fsp3) is 0.391. The highest BCUT2D eigenvalue weighted by Crippen LogP contribution is 2.26. The lowest BCUT2D eigenvalue weighted by atomic mass is 10.0. The quantitative estimate of drug-likeness (QED) is 0.839. The average Bonchev–Trinajstić information content (AvgIpc) is 3.04. The van der Waals surface area contributed by atoms with E-state index in [1.165, 1.54) is 5.56 Å². The Kier molecular flexibility index (Phi) is 5.94. The number of nitrogens with one attached hydrogen (secondary N) is 1. The normalized spacial score (nSPS) is 16.6. The minimum atomic E-state index is -0.295. The molecule has 1 saturated heterocycles. The Labute approximate surface area is 161 Å². The summed E-state index contributed by atoms with van der Waals surface area (Å²) in [6, 6.07) is 14.2. The summed E-state index contributed by atoms with van der Waals surface area (Å²) in [7, 11) is 0. The summed E-state index contributed by atoms with van der Waals surface area (Å²) in [4.78, 5) is 27.1. The molecule has 4 nitrogen and oxygen atoms in total. The van der Waals surface area contributed by atoms with E-state index in [0.717, 1.165) is 35.2 Å². The summed E-state index contributed by atoms with van der Waals surface area (Å²) >= 11 is 0. The molecule has 1 aliphatic heterocycles. The van der Waals surface area contributed by atoms with Crippen molar-refractivity contribution in [3.8, 4) is 0 Å². The molecule has 1 unspecified atom stereocenters. The van der Waals surface area contributed by atoms with Crippen molar-refractivity contribution in [2.24, 2.45) is 5.92 Å². The molecule has 142 valence electrons. The number of aryl methyl sites for hydroxylation is 3. The zero-order valence-corrected chi connectivity index (χ0v) is 16.4. The predicted molar refractivity (Wildman–Crippen MR) is 109 cm³/mol. The third-order valence-corrected chi connectivity index (χ3v) is 5.45. The summed E-state index contributed by atoms with van der Waals surface area (Å²) in [6.45, 7) is 7.28. The number of anilines is 1. The fourth-order valence-electron chi connectivity index (χ4n) is 3.72. The standard InChI is InChI=1S/C23H28N2O2/c1-4-17-11-8-12-18(5-2)22(17)24-23(27)20-13-21(26)25(15-20)14-19-10-7-6-9-16(19)3/h6-12,20H,4-5,13-15H2,1-3H3,(H,24,27). The Bertz CT molecular complexity index is 822. The Hall–Kier alpha value is -2.62. The van der Waals surface area contributed by atoms with Crippen molar-refractivity contribution in [3.63, 3.8) is 0 Å². The van der Waals surface area contributed by atoms with E-state index in [2.05, 4.69) is 31.3 Å². The number of benzene rings is 2. The molecule has 2 aromatic carbocycles. The van der Waals surface area contributed by atoms with Crippen molar-refractivity contribution in [2.75, 3.05) is 11.9 Å². The van der Waals surface area contributed by atoms with E-state index < -0.39 is 0 Å². The zero-order chi connectivity index (χ0) is 19.4. The van der Waals surface area contributed by atoms with Crippen LogP contribution in [0.15, 0.2) is 42.5 Å². The van der Waals surface area contributed by atoms with E-state index in [9.17, 15) is 9.59 Å². The summed E-state index contributed by atoms with van der Waals surface area (Å²) in [5, 5.41) is 3.12. The highest BCUT2D eigenvalue weighted by atomic mass is 16.2. The number of rotatable bonds is 6. The van der Waals surface area contributed by atoms with Crippen LogP contribution in [-0.4, -0.2) is 23.3 Å². The summed E-state index contributed by atoms with van der Waals surface area (Å²) in [5.41, 5.74) is 5.52. The number of carbonyl (C=O) groups excluding carboxylic acids is 2. The summed E-state index contributed by atoms with van der Waals surface area (Å²) < 4.78 is 0. The van der Waals surface area contributed by atoms with Crippen LogP contribution in [0.1, 0.15) is 42.5 Å². The molecule has 0 bridgehead atoms. The zero-order valence-electron chi connectivity index (χ0n) is 16.4. The van der Waals surface area contributed by atoms with Crippen LogP contribution in [-0.2, 0) is 29.0 Å². The molecule has 0 saturated carbocycles. The molecule has 2 amide bonds. The molecule has 27 heavy (non-hydrogen) atoms. The van der Waals surface area contributed by atoms with Crippen LogP contribution in [0.2, 0.25) is 0 Å². The van der Waals surface area contributed by atoms with Gasteiger partial charge in [-0.1, -0.05) is 56.3 Å². The maximum Gasteiger partial charge on any atom is 0.229 e. The van der Waals surface area contributed by atoms with Gasteiger partial charge in [-0.3, -0.25) is 9.59 Å². The van der Waals surface area contributed by atoms with Gasteiger partial charge >= 0.3 is 0 Å². The van der Waals surface area contributed by atoms with Gasteiger partial charge in [0.1, 0.15) is 0 Å². The van der Waals surface area contributed by atoms with Gasteiger partial charge in [-0.2, -0.15) is 0 Å². The minimum absolute atomic E-state index is 0.0498. The lowest BCUT2D eigenvalue weighted by Gasteiger charge is -2.19. The maximum absolute atomic E-state index is 12.9. The number of hydrogen-bond acceptors (Lipinski definition) is 2. The Morgan fingerprint density at radius 1 is 1.04 bits per heavy atom. The first-order valence-electron chi connectivity index (χ1n) is 9.77. The molecule has 0 aromatic heterocycles. The summed E-state index contributed by atoms with van der Waals surface area (Å²) in [6.07, 6.45) is 2.02. The number of nitrogens with zero attached hydrogens (tertiary/aromatic N) is 1. The molecule has 0 aliphatic carbocycles. The van der Waals surface area contributed by atoms with Crippen LogP contribution in [0.3, 0.4) is 0 Å². The van der Waals surface area contributed by atoms with E-state index in [1.807, 2.05) is 37.3 Å². The van der Waals surface area contributed by atoms with Gasteiger partial charge in [0, 0.05) is 25.2 Å². The number of likely N-dealkylation sites (tertiary alicyclic amines) is 1. The lowest BCUT2D eigenvalue weighted by molar-refractivity contribution is -0.128. The van der Waals surface area contributed by atoms with Crippen molar-refractivity contribution in [2.45, 2.75) is 46.6 Å². The van der Waals surface area contributed by atoms with Gasteiger partial charge in [-0.15, -0.1) is 0 Å². The van der Waals surface area contributed by atoms with Crippen molar-refractivity contribution >= 4 is 17.5 Å². The molecule has 3 rings (SSSR count). The van der Waals surface area contributed by atoms with Crippen LogP contribution < -0.4 is 5.32 Å². The van der Waals surface area contributed by atoms with Gasteiger partial charge in [0.05, 0.1) is 5.92 Å². The monoisotopic (exact) mass is 364 g/mol. The molecule has 1 heterocycles. The Morgan fingerprint density at radius 3 is 2.30 bits per heavy atom. The van der Waals surface area contributed by atoms with E-state index in [4.69, 9.17) is 0 Å². The van der Waals surface area contributed by atoms with Crippen LogP contribution in [0.25, 0.3) is 0 Å². The van der Waals surface area contributed by atoms with Crippen molar-refractivity contribution in [3.05, 3.63) is 64.7 Å². The first-order valence-corrected chi connectivity index (χ1v) is 9.77. The SMILES string of the molecule is CCc1cccc(CC)c1NC(=O)C1CC(=O)N(Cc2ccccc2C)C1. The molecule has 1 atom stereocenters. The van der Waals surface area contributed by atoms with E-state index in [1.54, 1.807) is 4.90 Å². The highest BCUT2D eigenvalue weighted by molar-refractivity contribution is 5.98. The lowest BCUT2D eigenvalue weighted by Crippen LogP contribution is -2.28. The summed E-state index contributed by atoms with van der Waals surface area (Å²) in [5.74, 6) is -0.291. The topological polar surface area (TPSA) is 49.4 Å². The van der Waals surface area contributed by atoms with E-state index in [-0.39, 0.29) is 24.2 Å². The molecule has 2 aromatic rings.